The number of hydrogen-bond donors (Lipinski definition) is 0. The number of aromatic nitrogens is 2. The lowest BCUT2D eigenvalue weighted by Crippen LogP contribution is -2.43. The van der Waals surface area contributed by atoms with E-state index in [-0.39, 0.29) is 11.8 Å². The van der Waals surface area contributed by atoms with Crippen molar-refractivity contribution in [1.29, 1.82) is 0 Å². The first kappa shape index (κ1) is 18.1. The largest absolute Gasteiger partial charge is 0.345 e. The second-order valence-corrected chi connectivity index (χ2v) is 8.21. The Kier molecular flexibility index (Phi) is 5.59. The highest BCUT2D eigenvalue weighted by Gasteiger charge is 2.33. The molecule has 0 unspecified atom stereocenters. The van der Waals surface area contributed by atoms with Gasteiger partial charge >= 0.3 is 0 Å². The van der Waals surface area contributed by atoms with Crippen LogP contribution in [0, 0.1) is 5.92 Å². The number of carbonyl (C=O) groups is 1. The van der Waals surface area contributed by atoms with Crippen molar-refractivity contribution in [3.8, 4) is 0 Å². The van der Waals surface area contributed by atoms with Crippen LogP contribution >= 0.6 is 11.3 Å². The monoisotopic (exact) mass is 360 g/mol. The van der Waals surface area contributed by atoms with Crippen LogP contribution in [-0.2, 0) is 11.8 Å². The van der Waals surface area contributed by atoms with Crippen molar-refractivity contribution in [2.24, 2.45) is 13.0 Å². The van der Waals surface area contributed by atoms with Crippen molar-refractivity contribution in [2.75, 3.05) is 27.2 Å². The van der Waals surface area contributed by atoms with Crippen molar-refractivity contribution in [1.82, 2.24) is 19.6 Å². The zero-order chi connectivity index (χ0) is 18.0. The summed E-state index contributed by atoms with van der Waals surface area (Å²) < 4.78 is 1.86. The van der Waals surface area contributed by atoms with E-state index in [4.69, 9.17) is 0 Å². The van der Waals surface area contributed by atoms with Crippen molar-refractivity contribution < 1.29 is 4.79 Å². The normalized spacial score (nSPS) is 22.7. The molecule has 1 fully saturated rings. The number of piperidine rings is 1. The van der Waals surface area contributed by atoms with Gasteiger partial charge in [0.05, 0.1) is 12.1 Å². The molecule has 0 radical (unpaired) electrons. The predicted octanol–water partition coefficient (Wildman–Crippen LogP) is 3.13. The van der Waals surface area contributed by atoms with Gasteiger partial charge in [0.1, 0.15) is 0 Å². The average Bonchev–Trinajstić information content (AvgIpc) is 3.25. The van der Waals surface area contributed by atoms with E-state index in [1.807, 2.05) is 54.3 Å². The van der Waals surface area contributed by atoms with Gasteiger partial charge in [-0.1, -0.05) is 6.07 Å². The smallest absolute Gasteiger partial charge is 0.230 e. The Hall–Kier alpha value is -1.66. The van der Waals surface area contributed by atoms with Gasteiger partial charge in [-0.15, -0.1) is 11.3 Å². The molecule has 5 nitrogen and oxygen atoms in total. The topological polar surface area (TPSA) is 41.4 Å². The van der Waals surface area contributed by atoms with Crippen LogP contribution in [0.3, 0.4) is 0 Å². The van der Waals surface area contributed by atoms with E-state index in [2.05, 4.69) is 23.2 Å². The van der Waals surface area contributed by atoms with Crippen molar-refractivity contribution in [3.05, 3.63) is 40.3 Å². The van der Waals surface area contributed by atoms with Crippen LogP contribution in [0.2, 0.25) is 0 Å². The van der Waals surface area contributed by atoms with E-state index < -0.39 is 0 Å². The minimum Gasteiger partial charge on any atom is -0.345 e. The van der Waals surface area contributed by atoms with Crippen LogP contribution < -0.4 is 0 Å². The molecule has 3 atom stereocenters. The SMILES string of the molecule is C[C@H](C(=O)N(C)C[C@@H]1CCCN(C)[C@H]1c1cnn(C)c1)c1cccs1. The van der Waals surface area contributed by atoms with Crippen LogP contribution in [-0.4, -0.2) is 52.7 Å². The van der Waals surface area contributed by atoms with Crippen LogP contribution in [0.15, 0.2) is 29.9 Å². The standard InChI is InChI=1S/C19H28N4OS/c1-14(17-8-6-10-25-17)19(24)22(3)12-15-7-5-9-21(2)18(15)16-11-20-23(4)13-16/h6,8,10-11,13-15,18H,5,7,9,12H2,1-4H3/t14-,15-,18+/m0/s1. The highest BCUT2D eigenvalue weighted by atomic mass is 32.1. The first-order chi connectivity index (χ1) is 12.0. The van der Waals surface area contributed by atoms with Gasteiger partial charge in [0.2, 0.25) is 5.91 Å². The highest BCUT2D eigenvalue weighted by Crippen LogP contribution is 2.35. The molecule has 0 spiro atoms. The lowest BCUT2D eigenvalue weighted by molar-refractivity contribution is -0.132. The lowest BCUT2D eigenvalue weighted by Gasteiger charge is -2.40. The molecule has 136 valence electrons. The number of nitrogens with zero attached hydrogens (tertiary/aromatic N) is 4. The second kappa shape index (κ2) is 7.70. The first-order valence-corrected chi connectivity index (χ1v) is 9.82. The van der Waals surface area contributed by atoms with Gasteiger partial charge in [-0.05, 0) is 50.7 Å². The molecular formula is C19H28N4OS. The zero-order valence-corrected chi connectivity index (χ0v) is 16.4. The maximum absolute atomic E-state index is 12.8. The number of likely N-dealkylation sites (N-methyl/N-ethyl adjacent to an activating group) is 1. The van der Waals surface area contributed by atoms with Crippen LogP contribution in [0.25, 0.3) is 0 Å². The molecule has 0 aliphatic carbocycles. The summed E-state index contributed by atoms with van der Waals surface area (Å²) in [6.07, 6.45) is 6.40. The average molecular weight is 361 g/mol. The summed E-state index contributed by atoms with van der Waals surface area (Å²) in [5.74, 6) is 0.580. The van der Waals surface area contributed by atoms with Crippen LogP contribution in [0.1, 0.15) is 42.2 Å². The highest BCUT2D eigenvalue weighted by molar-refractivity contribution is 7.10. The molecule has 3 rings (SSSR count). The molecule has 2 aromatic heterocycles. The summed E-state index contributed by atoms with van der Waals surface area (Å²) in [5, 5.41) is 6.38. The summed E-state index contributed by atoms with van der Waals surface area (Å²) in [7, 11) is 6.08. The Bertz CT molecular complexity index is 696. The van der Waals surface area contributed by atoms with E-state index in [9.17, 15) is 4.79 Å². The fourth-order valence-electron chi connectivity index (χ4n) is 4.00. The fraction of sp³-hybridized carbons (Fsp3) is 0.579. The third-order valence-corrected chi connectivity index (χ3v) is 6.35. The van der Waals surface area contributed by atoms with E-state index in [1.165, 1.54) is 12.0 Å². The molecule has 1 aliphatic rings. The quantitative estimate of drug-likeness (QED) is 0.823. The number of amides is 1. The van der Waals surface area contributed by atoms with Crippen LogP contribution in [0.4, 0.5) is 0 Å². The molecule has 2 aromatic rings. The molecule has 0 aromatic carbocycles. The zero-order valence-electron chi connectivity index (χ0n) is 15.6. The molecular weight excluding hydrogens is 332 g/mol. The van der Waals surface area contributed by atoms with E-state index >= 15 is 0 Å². The lowest BCUT2D eigenvalue weighted by atomic mass is 9.85. The number of likely N-dealkylation sites (tertiary alicyclic amines) is 1. The minimum atomic E-state index is -0.0665. The van der Waals surface area contributed by atoms with Gasteiger partial charge in [-0.2, -0.15) is 5.10 Å². The van der Waals surface area contributed by atoms with E-state index in [1.54, 1.807) is 11.3 Å². The summed E-state index contributed by atoms with van der Waals surface area (Å²) in [4.78, 5) is 18.3. The van der Waals surface area contributed by atoms with Gasteiger partial charge in [0.15, 0.2) is 0 Å². The molecule has 1 amide bonds. The molecule has 1 saturated heterocycles. The Balaban J connectivity index is 1.71. The summed E-state index contributed by atoms with van der Waals surface area (Å²) in [6.45, 7) is 3.90. The maximum atomic E-state index is 12.8. The summed E-state index contributed by atoms with van der Waals surface area (Å²) in [5.41, 5.74) is 1.25. The number of thiophene rings is 1. The molecule has 1 aliphatic heterocycles. The molecule has 3 heterocycles. The van der Waals surface area contributed by atoms with Crippen molar-refractivity contribution in [3.63, 3.8) is 0 Å². The molecule has 0 bridgehead atoms. The van der Waals surface area contributed by atoms with Gasteiger partial charge in [-0.25, -0.2) is 0 Å². The number of rotatable bonds is 5. The molecule has 25 heavy (non-hydrogen) atoms. The van der Waals surface area contributed by atoms with Crippen molar-refractivity contribution in [2.45, 2.75) is 31.7 Å². The summed E-state index contributed by atoms with van der Waals surface area (Å²) in [6, 6.07) is 4.39. The van der Waals surface area contributed by atoms with Gasteiger partial charge in [-0.3, -0.25) is 14.4 Å². The Labute approximate surface area is 154 Å². The summed E-state index contributed by atoms with van der Waals surface area (Å²) >= 11 is 1.66. The minimum absolute atomic E-state index is 0.0665. The Morgan fingerprint density at radius 2 is 2.28 bits per heavy atom. The van der Waals surface area contributed by atoms with E-state index in [0.29, 0.717) is 12.0 Å². The third kappa shape index (κ3) is 3.96. The maximum Gasteiger partial charge on any atom is 0.230 e. The molecule has 0 N–H and O–H groups in total. The van der Waals surface area contributed by atoms with E-state index in [0.717, 1.165) is 24.4 Å². The van der Waals surface area contributed by atoms with Crippen molar-refractivity contribution >= 4 is 17.2 Å². The van der Waals surface area contributed by atoms with Gasteiger partial charge in [0, 0.05) is 43.3 Å². The van der Waals surface area contributed by atoms with Gasteiger partial charge in [0.25, 0.3) is 0 Å². The Morgan fingerprint density at radius 1 is 1.48 bits per heavy atom. The second-order valence-electron chi connectivity index (χ2n) is 7.23. The fourth-order valence-corrected chi connectivity index (χ4v) is 4.78. The predicted molar refractivity (Wildman–Crippen MR) is 102 cm³/mol. The first-order valence-electron chi connectivity index (χ1n) is 8.94. The molecule has 0 saturated carbocycles. The van der Waals surface area contributed by atoms with Gasteiger partial charge < -0.3 is 4.90 Å². The Morgan fingerprint density at radius 3 is 2.92 bits per heavy atom. The number of hydrogen-bond acceptors (Lipinski definition) is 4. The number of carbonyl (C=O) groups excluding carboxylic acids is 1. The number of aryl methyl sites for hydroxylation is 1. The van der Waals surface area contributed by atoms with Crippen LogP contribution in [0.5, 0.6) is 0 Å². The third-order valence-electron chi connectivity index (χ3n) is 5.30. The molecule has 6 heteroatoms.